The quantitative estimate of drug-likeness (QED) is 0.604. The molecule has 0 saturated carbocycles. The number of ketones is 1. The number of benzene rings is 3. The van der Waals surface area contributed by atoms with Gasteiger partial charge in [0, 0.05) is 16.8 Å². The van der Waals surface area contributed by atoms with Gasteiger partial charge in [-0.25, -0.2) is 4.39 Å². The average molecular weight is 409 g/mol. The molecule has 0 bridgehead atoms. The third kappa shape index (κ3) is 5.18. The molecular weight excluding hydrogens is 395 g/mol. The molecule has 7 heteroatoms. The number of nitrogens with one attached hydrogen (secondary N) is 1. The standard InChI is InChI=1S/C22H14ClFN2O3/c23-20-11-18(8-3-16(20)12-25)26-21(27)13-29-19-9-4-15(5-10-19)22(28)14-1-6-17(24)7-2-14/h1-11H,13H2,(H,26,27). The molecule has 0 radical (unpaired) electrons. The smallest absolute Gasteiger partial charge is 0.262 e. The van der Waals surface area contributed by atoms with Crippen molar-refractivity contribution in [3.63, 3.8) is 0 Å². The van der Waals surface area contributed by atoms with Gasteiger partial charge < -0.3 is 10.1 Å². The first-order valence-corrected chi connectivity index (χ1v) is 8.86. The Morgan fingerprint density at radius 3 is 2.21 bits per heavy atom. The summed E-state index contributed by atoms with van der Waals surface area (Å²) in [6.45, 7) is -0.247. The molecule has 0 aromatic heterocycles. The molecule has 1 N–H and O–H groups in total. The monoisotopic (exact) mass is 408 g/mol. The van der Waals surface area contributed by atoms with Gasteiger partial charge >= 0.3 is 0 Å². The van der Waals surface area contributed by atoms with Gasteiger partial charge in [-0.15, -0.1) is 0 Å². The molecular formula is C22H14ClFN2O3. The molecule has 1 amide bonds. The maximum absolute atomic E-state index is 13.0. The van der Waals surface area contributed by atoms with E-state index in [1.165, 1.54) is 36.4 Å². The molecule has 3 rings (SSSR count). The largest absolute Gasteiger partial charge is 0.484 e. The molecule has 0 fully saturated rings. The second kappa shape index (κ2) is 9.00. The van der Waals surface area contributed by atoms with E-state index in [-0.39, 0.29) is 17.4 Å². The predicted molar refractivity (Wildman–Crippen MR) is 107 cm³/mol. The summed E-state index contributed by atoms with van der Waals surface area (Å²) >= 11 is 5.93. The molecule has 29 heavy (non-hydrogen) atoms. The number of ether oxygens (including phenoxy) is 1. The van der Waals surface area contributed by atoms with E-state index in [1.54, 1.807) is 30.3 Å². The van der Waals surface area contributed by atoms with Crippen molar-refractivity contribution in [3.8, 4) is 11.8 Å². The fourth-order valence-corrected chi connectivity index (χ4v) is 2.72. The Morgan fingerprint density at radius 1 is 1.00 bits per heavy atom. The fraction of sp³-hybridized carbons (Fsp3) is 0.0455. The predicted octanol–water partition coefficient (Wildman–Crippen LogP) is 4.60. The Bertz CT molecular complexity index is 1090. The Hall–Kier alpha value is -3.69. The van der Waals surface area contributed by atoms with Gasteiger partial charge in [-0.3, -0.25) is 9.59 Å². The van der Waals surface area contributed by atoms with Crippen LogP contribution in [-0.4, -0.2) is 18.3 Å². The number of carbonyl (C=O) groups is 2. The molecule has 3 aromatic carbocycles. The lowest BCUT2D eigenvalue weighted by molar-refractivity contribution is -0.118. The molecule has 0 spiro atoms. The lowest BCUT2D eigenvalue weighted by Crippen LogP contribution is -2.20. The molecule has 0 aliphatic carbocycles. The van der Waals surface area contributed by atoms with Crippen LogP contribution >= 0.6 is 11.6 Å². The van der Waals surface area contributed by atoms with Crippen LogP contribution in [0.5, 0.6) is 5.75 Å². The van der Waals surface area contributed by atoms with Crippen LogP contribution < -0.4 is 10.1 Å². The minimum absolute atomic E-state index is 0.243. The zero-order valence-corrected chi connectivity index (χ0v) is 15.7. The van der Waals surface area contributed by atoms with Crippen LogP contribution in [0.25, 0.3) is 0 Å². The van der Waals surface area contributed by atoms with E-state index in [0.29, 0.717) is 28.1 Å². The summed E-state index contributed by atoms with van der Waals surface area (Å²) in [7, 11) is 0. The summed E-state index contributed by atoms with van der Waals surface area (Å²) in [6.07, 6.45) is 0. The van der Waals surface area contributed by atoms with Gasteiger partial charge in [-0.05, 0) is 66.7 Å². The van der Waals surface area contributed by atoms with E-state index in [2.05, 4.69) is 5.32 Å². The van der Waals surface area contributed by atoms with Gasteiger partial charge in [0.05, 0.1) is 10.6 Å². The average Bonchev–Trinajstić information content (AvgIpc) is 2.73. The fourth-order valence-electron chi connectivity index (χ4n) is 2.50. The van der Waals surface area contributed by atoms with E-state index in [0.717, 1.165) is 0 Å². The molecule has 3 aromatic rings. The van der Waals surface area contributed by atoms with Crippen molar-refractivity contribution in [2.24, 2.45) is 0 Å². The second-order valence-electron chi connectivity index (χ2n) is 6.00. The van der Waals surface area contributed by atoms with E-state index in [4.69, 9.17) is 21.6 Å². The molecule has 0 heterocycles. The SMILES string of the molecule is N#Cc1ccc(NC(=O)COc2ccc(C(=O)c3ccc(F)cc3)cc2)cc1Cl. The third-order valence-corrected chi connectivity index (χ3v) is 4.28. The zero-order chi connectivity index (χ0) is 20.8. The van der Waals surface area contributed by atoms with Crippen molar-refractivity contribution in [1.29, 1.82) is 5.26 Å². The van der Waals surface area contributed by atoms with Gasteiger partial charge in [0.15, 0.2) is 12.4 Å². The summed E-state index contributed by atoms with van der Waals surface area (Å²) in [5.41, 5.74) is 1.56. The number of carbonyl (C=O) groups excluding carboxylic acids is 2. The Morgan fingerprint density at radius 2 is 1.62 bits per heavy atom. The maximum atomic E-state index is 13.0. The Labute approximate surface area is 171 Å². The second-order valence-corrected chi connectivity index (χ2v) is 6.41. The molecule has 0 saturated heterocycles. The summed E-state index contributed by atoms with van der Waals surface area (Å²) in [5.74, 6) is -0.648. The molecule has 5 nitrogen and oxygen atoms in total. The van der Waals surface area contributed by atoms with Crippen LogP contribution in [0.15, 0.2) is 66.7 Å². The first kappa shape index (κ1) is 20.1. The maximum Gasteiger partial charge on any atom is 0.262 e. The number of nitriles is 1. The van der Waals surface area contributed by atoms with E-state index >= 15 is 0 Å². The first-order chi connectivity index (χ1) is 14.0. The van der Waals surface area contributed by atoms with Crippen LogP contribution in [0, 0.1) is 17.1 Å². The number of nitrogens with zero attached hydrogens (tertiary/aromatic N) is 1. The van der Waals surface area contributed by atoms with E-state index in [1.807, 2.05) is 6.07 Å². The number of anilines is 1. The molecule has 144 valence electrons. The first-order valence-electron chi connectivity index (χ1n) is 8.49. The van der Waals surface area contributed by atoms with E-state index < -0.39 is 11.7 Å². The van der Waals surface area contributed by atoms with Crippen molar-refractivity contribution in [2.75, 3.05) is 11.9 Å². The zero-order valence-electron chi connectivity index (χ0n) is 15.0. The summed E-state index contributed by atoms with van der Waals surface area (Å²) in [4.78, 5) is 24.4. The minimum atomic E-state index is -0.410. The van der Waals surface area contributed by atoms with Crippen molar-refractivity contribution in [1.82, 2.24) is 0 Å². The third-order valence-electron chi connectivity index (χ3n) is 3.97. The van der Waals surface area contributed by atoms with E-state index in [9.17, 15) is 14.0 Å². The van der Waals surface area contributed by atoms with Crippen molar-refractivity contribution in [3.05, 3.63) is 94.3 Å². The molecule has 0 aliphatic rings. The van der Waals surface area contributed by atoms with Crippen molar-refractivity contribution < 1.29 is 18.7 Å². The topological polar surface area (TPSA) is 79.2 Å². The van der Waals surface area contributed by atoms with Gasteiger partial charge in [0.25, 0.3) is 5.91 Å². The van der Waals surface area contributed by atoms with Crippen LogP contribution in [-0.2, 0) is 4.79 Å². The lowest BCUT2D eigenvalue weighted by atomic mass is 10.0. The summed E-state index contributed by atoms with van der Waals surface area (Å²) < 4.78 is 18.4. The van der Waals surface area contributed by atoms with Crippen molar-refractivity contribution in [2.45, 2.75) is 0 Å². The van der Waals surface area contributed by atoms with Crippen LogP contribution in [0.3, 0.4) is 0 Å². The molecule has 0 atom stereocenters. The number of hydrogen-bond acceptors (Lipinski definition) is 4. The molecule has 0 unspecified atom stereocenters. The highest BCUT2D eigenvalue weighted by Crippen LogP contribution is 2.20. The number of halogens is 2. The van der Waals surface area contributed by atoms with Crippen LogP contribution in [0.2, 0.25) is 5.02 Å². The lowest BCUT2D eigenvalue weighted by Gasteiger charge is -2.09. The Kier molecular flexibility index (Phi) is 6.22. The van der Waals surface area contributed by atoms with Crippen LogP contribution in [0.1, 0.15) is 21.5 Å². The van der Waals surface area contributed by atoms with Gasteiger partial charge in [0.2, 0.25) is 0 Å². The van der Waals surface area contributed by atoms with Gasteiger partial charge in [0.1, 0.15) is 17.6 Å². The highest BCUT2D eigenvalue weighted by molar-refractivity contribution is 6.32. The van der Waals surface area contributed by atoms with Crippen molar-refractivity contribution >= 4 is 29.0 Å². The summed E-state index contributed by atoms with van der Waals surface area (Å²) in [6, 6.07) is 18.1. The van der Waals surface area contributed by atoms with Crippen LogP contribution in [0.4, 0.5) is 10.1 Å². The van der Waals surface area contributed by atoms with Gasteiger partial charge in [-0.2, -0.15) is 5.26 Å². The Balaban J connectivity index is 1.56. The van der Waals surface area contributed by atoms with Gasteiger partial charge in [-0.1, -0.05) is 11.6 Å². The normalized spacial score (nSPS) is 10.1. The highest BCUT2D eigenvalue weighted by Gasteiger charge is 2.10. The highest BCUT2D eigenvalue weighted by atomic mass is 35.5. The number of amides is 1. The summed E-state index contributed by atoms with van der Waals surface area (Å²) in [5, 5.41) is 11.7. The number of rotatable bonds is 6. The minimum Gasteiger partial charge on any atom is -0.484 e. The molecule has 0 aliphatic heterocycles. The number of hydrogen-bond donors (Lipinski definition) is 1.